The van der Waals surface area contributed by atoms with Crippen molar-refractivity contribution in [3.05, 3.63) is 34.9 Å². The highest BCUT2D eigenvalue weighted by Crippen LogP contribution is 2.24. The molecule has 0 radical (unpaired) electrons. The van der Waals surface area contributed by atoms with Crippen LogP contribution in [0, 0.1) is 0 Å². The molecule has 9 heteroatoms. The highest BCUT2D eigenvalue weighted by Gasteiger charge is 2.35. The first-order valence-electron chi connectivity index (χ1n) is 10.0. The molecular weight excluding hydrogens is 390 g/mol. The van der Waals surface area contributed by atoms with E-state index >= 15 is 0 Å². The van der Waals surface area contributed by atoms with E-state index in [1.165, 1.54) is 30.0 Å². The van der Waals surface area contributed by atoms with Gasteiger partial charge in [0.25, 0.3) is 17.7 Å². The van der Waals surface area contributed by atoms with Crippen molar-refractivity contribution in [3.63, 3.8) is 0 Å². The number of hydrogen-bond donors (Lipinski definition) is 0. The van der Waals surface area contributed by atoms with Crippen molar-refractivity contribution in [2.75, 3.05) is 39.3 Å². The number of carbonyl (C=O) groups is 5. The van der Waals surface area contributed by atoms with Gasteiger partial charge < -0.3 is 14.5 Å². The van der Waals surface area contributed by atoms with E-state index in [1.807, 2.05) is 6.92 Å². The summed E-state index contributed by atoms with van der Waals surface area (Å²) in [4.78, 5) is 65.2. The number of esters is 1. The summed E-state index contributed by atoms with van der Waals surface area (Å²) >= 11 is 0. The van der Waals surface area contributed by atoms with Crippen LogP contribution in [0.25, 0.3) is 0 Å². The van der Waals surface area contributed by atoms with E-state index in [2.05, 4.69) is 0 Å². The fraction of sp³-hybridized carbons (Fsp3) is 0.476. The van der Waals surface area contributed by atoms with Gasteiger partial charge in [0.2, 0.25) is 5.91 Å². The number of amides is 4. The number of rotatable bonds is 6. The van der Waals surface area contributed by atoms with Crippen molar-refractivity contribution < 1.29 is 28.7 Å². The molecule has 1 aromatic rings. The number of benzene rings is 1. The van der Waals surface area contributed by atoms with E-state index in [0.717, 1.165) is 6.42 Å². The Morgan fingerprint density at radius 3 is 2.23 bits per heavy atom. The van der Waals surface area contributed by atoms with Crippen molar-refractivity contribution in [2.24, 2.45) is 0 Å². The van der Waals surface area contributed by atoms with E-state index in [0.29, 0.717) is 39.1 Å². The largest absolute Gasteiger partial charge is 0.452 e. The number of carbonyl (C=O) groups excluding carboxylic acids is 5. The SMILES string of the molecule is CCCCN1C(=O)c2ccc(C(=O)OCC(=O)N3CCN(C(C)=O)CC3)cc2C1=O. The summed E-state index contributed by atoms with van der Waals surface area (Å²) < 4.78 is 5.11. The van der Waals surface area contributed by atoms with E-state index < -0.39 is 18.5 Å². The molecule has 0 bridgehead atoms. The molecule has 0 atom stereocenters. The highest BCUT2D eigenvalue weighted by molar-refractivity contribution is 6.22. The van der Waals surface area contributed by atoms with Crippen LogP contribution in [-0.4, -0.2) is 83.6 Å². The zero-order valence-corrected chi connectivity index (χ0v) is 17.2. The first kappa shape index (κ1) is 21.5. The number of unbranched alkanes of at least 4 members (excludes halogenated alkanes) is 1. The summed E-state index contributed by atoms with van der Waals surface area (Å²) in [6.07, 6.45) is 1.56. The second-order valence-electron chi connectivity index (χ2n) is 7.34. The minimum absolute atomic E-state index is 0.0357. The van der Waals surface area contributed by atoms with Crippen molar-refractivity contribution in [1.29, 1.82) is 0 Å². The lowest BCUT2D eigenvalue weighted by Crippen LogP contribution is -2.51. The maximum absolute atomic E-state index is 12.5. The molecule has 9 nitrogen and oxygen atoms in total. The first-order chi connectivity index (χ1) is 14.3. The zero-order valence-electron chi connectivity index (χ0n) is 17.2. The predicted molar refractivity (Wildman–Crippen MR) is 106 cm³/mol. The molecule has 3 rings (SSSR count). The number of nitrogens with zero attached hydrogens (tertiary/aromatic N) is 3. The normalized spacial score (nSPS) is 16.0. The van der Waals surface area contributed by atoms with Gasteiger partial charge in [-0.05, 0) is 24.6 Å². The third kappa shape index (κ3) is 4.34. The van der Waals surface area contributed by atoms with Crippen LogP contribution in [0.3, 0.4) is 0 Å². The summed E-state index contributed by atoms with van der Waals surface area (Å²) in [7, 11) is 0. The van der Waals surface area contributed by atoms with Crippen LogP contribution < -0.4 is 0 Å². The van der Waals surface area contributed by atoms with Gasteiger partial charge in [-0.15, -0.1) is 0 Å². The molecule has 0 spiro atoms. The van der Waals surface area contributed by atoms with Crippen LogP contribution in [0.15, 0.2) is 18.2 Å². The summed E-state index contributed by atoms with van der Waals surface area (Å²) in [6.45, 7) is 5.04. The summed E-state index contributed by atoms with van der Waals surface area (Å²) in [5.74, 6) is -1.89. The van der Waals surface area contributed by atoms with Crippen LogP contribution in [0.1, 0.15) is 57.8 Å². The van der Waals surface area contributed by atoms with Crippen molar-refractivity contribution in [1.82, 2.24) is 14.7 Å². The van der Waals surface area contributed by atoms with Gasteiger partial charge in [-0.1, -0.05) is 13.3 Å². The minimum Gasteiger partial charge on any atom is -0.452 e. The van der Waals surface area contributed by atoms with Gasteiger partial charge in [0.1, 0.15) is 0 Å². The topological polar surface area (TPSA) is 104 Å². The molecule has 2 heterocycles. The standard InChI is InChI=1S/C21H25N3O6/c1-3-4-7-24-19(27)16-6-5-15(12-17(16)20(24)28)21(29)30-13-18(26)23-10-8-22(9-11-23)14(2)25/h5-6,12H,3-4,7-11,13H2,1-2H3. The van der Waals surface area contributed by atoms with Crippen molar-refractivity contribution >= 4 is 29.6 Å². The third-order valence-electron chi connectivity index (χ3n) is 5.35. The Morgan fingerprint density at radius 1 is 0.967 bits per heavy atom. The Balaban J connectivity index is 1.58. The maximum Gasteiger partial charge on any atom is 0.338 e. The molecule has 1 fully saturated rings. The molecule has 1 aromatic carbocycles. The summed E-state index contributed by atoms with van der Waals surface area (Å²) in [5.41, 5.74) is 0.561. The molecule has 30 heavy (non-hydrogen) atoms. The predicted octanol–water partition coefficient (Wildman–Crippen LogP) is 0.930. The van der Waals surface area contributed by atoms with Gasteiger partial charge in [0.05, 0.1) is 16.7 Å². The fourth-order valence-electron chi connectivity index (χ4n) is 3.51. The van der Waals surface area contributed by atoms with E-state index in [4.69, 9.17) is 4.74 Å². The second-order valence-corrected chi connectivity index (χ2v) is 7.34. The fourth-order valence-corrected chi connectivity index (χ4v) is 3.51. The average Bonchev–Trinajstić information content (AvgIpc) is 2.99. The quantitative estimate of drug-likeness (QED) is 0.506. The highest BCUT2D eigenvalue weighted by atomic mass is 16.5. The lowest BCUT2D eigenvalue weighted by atomic mass is 10.1. The van der Waals surface area contributed by atoms with Gasteiger partial charge >= 0.3 is 5.97 Å². The Morgan fingerprint density at radius 2 is 1.60 bits per heavy atom. The molecule has 0 unspecified atom stereocenters. The minimum atomic E-state index is -0.735. The molecular formula is C21H25N3O6. The van der Waals surface area contributed by atoms with Crippen LogP contribution in [0.5, 0.6) is 0 Å². The Labute approximate surface area is 174 Å². The molecule has 2 aliphatic rings. The first-order valence-corrected chi connectivity index (χ1v) is 10.0. The maximum atomic E-state index is 12.5. The van der Waals surface area contributed by atoms with Crippen LogP contribution in [-0.2, 0) is 14.3 Å². The molecule has 2 aliphatic heterocycles. The number of piperazine rings is 1. The monoisotopic (exact) mass is 415 g/mol. The lowest BCUT2D eigenvalue weighted by Gasteiger charge is -2.34. The van der Waals surface area contributed by atoms with Crippen LogP contribution in [0.2, 0.25) is 0 Å². The van der Waals surface area contributed by atoms with Crippen LogP contribution in [0.4, 0.5) is 0 Å². The summed E-state index contributed by atoms with van der Waals surface area (Å²) in [6, 6.07) is 4.21. The van der Waals surface area contributed by atoms with Crippen LogP contribution >= 0.6 is 0 Å². The van der Waals surface area contributed by atoms with E-state index in [-0.39, 0.29) is 34.4 Å². The summed E-state index contributed by atoms with van der Waals surface area (Å²) in [5, 5.41) is 0. The number of imide groups is 1. The Kier molecular flexibility index (Phi) is 6.49. The van der Waals surface area contributed by atoms with Gasteiger partial charge in [0, 0.05) is 39.6 Å². The molecule has 0 saturated carbocycles. The van der Waals surface area contributed by atoms with Crippen molar-refractivity contribution in [2.45, 2.75) is 26.7 Å². The van der Waals surface area contributed by atoms with E-state index in [1.54, 1.807) is 9.80 Å². The number of hydrogen-bond acceptors (Lipinski definition) is 6. The smallest absolute Gasteiger partial charge is 0.338 e. The Hall–Kier alpha value is -3.23. The van der Waals surface area contributed by atoms with E-state index in [9.17, 15) is 24.0 Å². The molecule has 1 saturated heterocycles. The lowest BCUT2D eigenvalue weighted by molar-refractivity contribution is -0.140. The molecule has 0 N–H and O–H groups in total. The average molecular weight is 415 g/mol. The van der Waals surface area contributed by atoms with Gasteiger partial charge in [-0.25, -0.2) is 4.79 Å². The number of ether oxygens (including phenoxy) is 1. The zero-order chi connectivity index (χ0) is 21.8. The molecule has 0 aromatic heterocycles. The third-order valence-corrected chi connectivity index (χ3v) is 5.35. The van der Waals surface area contributed by atoms with Gasteiger partial charge in [-0.2, -0.15) is 0 Å². The molecule has 0 aliphatic carbocycles. The van der Waals surface area contributed by atoms with Gasteiger partial charge in [-0.3, -0.25) is 24.1 Å². The number of fused-ring (bicyclic) bond motifs is 1. The second kappa shape index (κ2) is 9.06. The molecule has 160 valence electrons. The Bertz CT molecular complexity index is 889. The molecule has 4 amide bonds. The van der Waals surface area contributed by atoms with Crippen molar-refractivity contribution in [3.8, 4) is 0 Å². The van der Waals surface area contributed by atoms with Gasteiger partial charge in [0.15, 0.2) is 6.61 Å².